The highest BCUT2D eigenvalue weighted by molar-refractivity contribution is 7.89. The molecule has 8 nitrogen and oxygen atoms in total. The van der Waals surface area contributed by atoms with Crippen LogP contribution in [0.5, 0.6) is 5.75 Å². The lowest BCUT2D eigenvalue weighted by Crippen LogP contribution is -2.39. The summed E-state index contributed by atoms with van der Waals surface area (Å²) >= 11 is 7.79. The van der Waals surface area contributed by atoms with Crippen LogP contribution in [0.15, 0.2) is 41.3 Å². The number of methoxy groups -OCH3 is 1. The second-order valence-corrected chi connectivity index (χ2v) is 12.6. The van der Waals surface area contributed by atoms with E-state index < -0.39 is 10.0 Å². The van der Waals surface area contributed by atoms with Crippen molar-refractivity contribution < 1.29 is 17.9 Å². The van der Waals surface area contributed by atoms with E-state index in [1.807, 2.05) is 0 Å². The maximum Gasteiger partial charge on any atom is 0.260 e. The first kappa shape index (κ1) is 31.6. The van der Waals surface area contributed by atoms with E-state index in [4.69, 9.17) is 21.3 Å². The minimum absolute atomic E-state index is 0. The molecule has 1 fully saturated rings. The fraction of sp³-hybridized carbons (Fsp3) is 0.481. The maximum absolute atomic E-state index is 13.8. The molecule has 0 bridgehead atoms. The van der Waals surface area contributed by atoms with E-state index in [1.165, 1.54) is 23.5 Å². The molecule has 2 heterocycles. The number of hydrogen-bond acceptors (Lipinski definition) is 7. The molecule has 2 aromatic carbocycles. The fourth-order valence-corrected chi connectivity index (χ4v) is 7.44. The summed E-state index contributed by atoms with van der Waals surface area (Å²) in [6.07, 6.45) is 3.83. The molecule has 1 saturated heterocycles. The molecule has 0 aliphatic carbocycles. The van der Waals surface area contributed by atoms with E-state index >= 15 is 0 Å². The first-order chi connectivity index (χ1) is 18.3. The molecule has 1 aromatic heterocycles. The average Bonchev–Trinajstić information content (AvgIpc) is 3.18. The number of likely N-dealkylation sites (N-methyl/N-ethyl adjacent to an activating group) is 1. The van der Waals surface area contributed by atoms with Gasteiger partial charge in [-0.15, -0.1) is 12.4 Å². The van der Waals surface area contributed by atoms with Gasteiger partial charge in [0.15, 0.2) is 5.13 Å². The number of aromatic nitrogens is 1. The van der Waals surface area contributed by atoms with Crippen LogP contribution in [0, 0.1) is 0 Å². The Morgan fingerprint density at radius 1 is 1.03 bits per heavy atom. The van der Waals surface area contributed by atoms with E-state index in [0.29, 0.717) is 53.2 Å². The van der Waals surface area contributed by atoms with Crippen molar-refractivity contribution in [3.05, 3.63) is 47.0 Å². The van der Waals surface area contributed by atoms with Crippen LogP contribution in [0.25, 0.3) is 10.2 Å². The van der Waals surface area contributed by atoms with Crippen LogP contribution < -0.4 is 9.64 Å². The van der Waals surface area contributed by atoms with Crippen LogP contribution in [0.3, 0.4) is 0 Å². The molecule has 0 spiro atoms. The number of sulfonamides is 1. The molecule has 1 aliphatic heterocycles. The number of halogens is 2. The molecule has 3 aromatic rings. The summed E-state index contributed by atoms with van der Waals surface area (Å²) in [5, 5.41) is 1.06. The van der Waals surface area contributed by atoms with Gasteiger partial charge in [-0.3, -0.25) is 9.69 Å². The second-order valence-electron chi connectivity index (χ2n) is 9.25. The highest BCUT2D eigenvalue weighted by Gasteiger charge is 2.27. The van der Waals surface area contributed by atoms with Crippen molar-refractivity contribution >= 4 is 66.6 Å². The zero-order valence-electron chi connectivity index (χ0n) is 22.6. The SMILES string of the molecule is CCN(CC)CCN(C(=O)c1ccc(S(=O)(=O)N2CCCCCC2)cc1)c1nc2c(OC)ccc(Cl)c2s1.Cl. The van der Waals surface area contributed by atoms with Crippen molar-refractivity contribution in [1.29, 1.82) is 0 Å². The van der Waals surface area contributed by atoms with Crippen molar-refractivity contribution in [3.8, 4) is 5.75 Å². The van der Waals surface area contributed by atoms with Crippen LogP contribution in [0.1, 0.15) is 49.9 Å². The standard InChI is InChI=1S/C27H35ClN4O4S2.ClH/c1-4-30(5-2)18-19-32(27-29-24-23(36-3)15-14-22(28)25(24)37-27)26(33)20-10-12-21(13-11-20)38(34,35)31-16-8-6-7-9-17-31;/h10-15H,4-9,16-19H2,1-3H3;1H. The molecule has 1 aliphatic rings. The van der Waals surface area contributed by atoms with E-state index in [2.05, 4.69) is 18.7 Å². The third-order valence-electron chi connectivity index (χ3n) is 6.98. The van der Waals surface area contributed by atoms with Gasteiger partial charge in [0.25, 0.3) is 5.91 Å². The van der Waals surface area contributed by atoms with Crippen molar-refractivity contribution in [2.75, 3.05) is 51.3 Å². The number of ether oxygens (including phenoxy) is 1. The predicted octanol–water partition coefficient (Wildman–Crippen LogP) is 5.93. The molecule has 0 N–H and O–H groups in total. The van der Waals surface area contributed by atoms with E-state index in [0.717, 1.165) is 43.5 Å². The van der Waals surface area contributed by atoms with Gasteiger partial charge >= 0.3 is 0 Å². The van der Waals surface area contributed by atoms with Gasteiger partial charge in [-0.05, 0) is 62.3 Å². The van der Waals surface area contributed by atoms with Gasteiger partial charge < -0.3 is 9.64 Å². The summed E-state index contributed by atoms with van der Waals surface area (Å²) in [6, 6.07) is 9.79. The molecule has 39 heavy (non-hydrogen) atoms. The predicted molar refractivity (Wildman–Crippen MR) is 162 cm³/mol. The quantitative estimate of drug-likeness (QED) is 0.281. The zero-order valence-corrected chi connectivity index (χ0v) is 25.8. The molecule has 0 saturated carbocycles. The topological polar surface area (TPSA) is 83.1 Å². The Labute approximate surface area is 246 Å². The summed E-state index contributed by atoms with van der Waals surface area (Å²) in [6.45, 7) is 8.05. The molecule has 0 radical (unpaired) electrons. The number of carbonyl (C=O) groups is 1. The van der Waals surface area contributed by atoms with Crippen molar-refractivity contribution in [1.82, 2.24) is 14.2 Å². The monoisotopic (exact) mass is 614 g/mol. The van der Waals surface area contributed by atoms with E-state index in [-0.39, 0.29) is 23.2 Å². The molecule has 0 unspecified atom stereocenters. The smallest absolute Gasteiger partial charge is 0.260 e. The fourth-order valence-electron chi connectivity index (χ4n) is 4.64. The first-order valence-corrected chi connectivity index (χ1v) is 15.7. The number of nitrogens with zero attached hydrogens (tertiary/aromatic N) is 4. The Bertz CT molecular complexity index is 1350. The number of anilines is 1. The Balaban J connectivity index is 0.00000420. The minimum atomic E-state index is -3.60. The Morgan fingerprint density at radius 3 is 2.26 bits per heavy atom. The number of amides is 1. The van der Waals surface area contributed by atoms with E-state index in [9.17, 15) is 13.2 Å². The van der Waals surface area contributed by atoms with Crippen molar-refractivity contribution in [2.24, 2.45) is 0 Å². The van der Waals surface area contributed by atoms with Crippen molar-refractivity contribution in [2.45, 2.75) is 44.4 Å². The highest BCUT2D eigenvalue weighted by atomic mass is 35.5. The van der Waals surface area contributed by atoms with Crippen molar-refractivity contribution in [3.63, 3.8) is 0 Å². The highest BCUT2D eigenvalue weighted by Crippen LogP contribution is 2.39. The van der Waals surface area contributed by atoms with Crippen LogP contribution >= 0.6 is 35.3 Å². The summed E-state index contributed by atoms with van der Waals surface area (Å²) in [5.74, 6) is 0.344. The van der Waals surface area contributed by atoms with E-state index in [1.54, 1.807) is 40.6 Å². The summed E-state index contributed by atoms with van der Waals surface area (Å²) in [4.78, 5) is 22.6. The Hall–Kier alpha value is -1.95. The van der Waals surface area contributed by atoms with Crippen LogP contribution in [0.4, 0.5) is 5.13 Å². The lowest BCUT2D eigenvalue weighted by Gasteiger charge is -2.25. The largest absolute Gasteiger partial charge is 0.494 e. The van der Waals surface area contributed by atoms with Gasteiger partial charge in [-0.2, -0.15) is 4.31 Å². The van der Waals surface area contributed by atoms with Crippen LogP contribution in [-0.4, -0.2) is 74.9 Å². The summed E-state index contributed by atoms with van der Waals surface area (Å²) in [5.41, 5.74) is 1.01. The number of rotatable bonds is 10. The normalized spacial score (nSPS) is 14.7. The lowest BCUT2D eigenvalue weighted by atomic mass is 10.2. The number of carbonyl (C=O) groups excluding carboxylic acids is 1. The molecule has 214 valence electrons. The number of fused-ring (bicyclic) bond motifs is 1. The number of thiazole rings is 1. The average molecular weight is 616 g/mol. The minimum Gasteiger partial charge on any atom is -0.494 e. The van der Waals surface area contributed by atoms with Gasteiger partial charge in [0.2, 0.25) is 10.0 Å². The third-order valence-corrected chi connectivity index (χ3v) is 10.4. The van der Waals surface area contributed by atoms with Gasteiger partial charge in [-0.25, -0.2) is 13.4 Å². The molecule has 0 atom stereocenters. The Morgan fingerprint density at radius 2 is 1.67 bits per heavy atom. The zero-order chi connectivity index (χ0) is 27.3. The molecule has 12 heteroatoms. The Kier molecular flexibility index (Phi) is 11.4. The maximum atomic E-state index is 13.8. The number of benzene rings is 2. The third kappa shape index (κ3) is 7.04. The lowest BCUT2D eigenvalue weighted by molar-refractivity contribution is 0.0983. The van der Waals surface area contributed by atoms with Crippen LogP contribution in [0.2, 0.25) is 5.02 Å². The summed E-state index contributed by atoms with van der Waals surface area (Å²) in [7, 11) is -2.02. The van der Waals surface area contributed by atoms with Crippen LogP contribution in [-0.2, 0) is 10.0 Å². The molecular formula is C27H36Cl2N4O4S2. The molecular weight excluding hydrogens is 579 g/mol. The molecule has 1 amide bonds. The number of hydrogen-bond donors (Lipinski definition) is 0. The summed E-state index contributed by atoms with van der Waals surface area (Å²) < 4.78 is 34.2. The van der Waals surface area contributed by atoms with Gasteiger partial charge in [0, 0.05) is 31.7 Å². The van der Waals surface area contributed by atoms with Gasteiger partial charge in [0.1, 0.15) is 11.3 Å². The van der Waals surface area contributed by atoms with Gasteiger partial charge in [-0.1, -0.05) is 49.6 Å². The molecule has 4 rings (SSSR count). The van der Waals surface area contributed by atoms with Gasteiger partial charge in [0.05, 0.1) is 21.7 Å². The first-order valence-electron chi connectivity index (χ1n) is 13.1. The second kappa shape index (κ2) is 14.1.